The molecule has 23 heavy (non-hydrogen) atoms. The molecule has 2 rings (SSSR count). The van der Waals surface area contributed by atoms with Gasteiger partial charge in [0.05, 0.1) is 4.90 Å². The van der Waals surface area contributed by atoms with E-state index < -0.39 is 10.0 Å². The van der Waals surface area contributed by atoms with Crippen LogP contribution in [0.15, 0.2) is 29.2 Å². The van der Waals surface area contributed by atoms with Crippen molar-refractivity contribution in [1.29, 1.82) is 0 Å². The maximum Gasteiger partial charge on any atom is 0.253 e. The lowest BCUT2D eigenvalue weighted by molar-refractivity contribution is 0.0762. The Morgan fingerprint density at radius 3 is 2.52 bits per heavy atom. The first-order valence-electron chi connectivity index (χ1n) is 8.40. The van der Waals surface area contributed by atoms with Crippen LogP contribution in [-0.4, -0.2) is 49.7 Å². The van der Waals surface area contributed by atoms with Crippen LogP contribution in [0, 0.1) is 0 Å². The Hall–Kier alpha value is -1.40. The van der Waals surface area contributed by atoms with Crippen molar-refractivity contribution < 1.29 is 13.2 Å². The van der Waals surface area contributed by atoms with Gasteiger partial charge in [0.15, 0.2) is 0 Å². The summed E-state index contributed by atoms with van der Waals surface area (Å²) in [6, 6.07) is 6.45. The summed E-state index contributed by atoms with van der Waals surface area (Å²) in [5, 5.41) is 0. The Labute approximate surface area is 139 Å². The first-order chi connectivity index (χ1) is 11.0. The van der Waals surface area contributed by atoms with E-state index >= 15 is 0 Å². The molecule has 0 atom stereocenters. The minimum atomic E-state index is -3.48. The molecular formula is C17H26N2O3S. The topological polar surface area (TPSA) is 57.7 Å². The summed E-state index contributed by atoms with van der Waals surface area (Å²) in [4.78, 5) is 14.6. The quantitative estimate of drug-likeness (QED) is 0.768. The molecule has 1 aromatic carbocycles. The van der Waals surface area contributed by atoms with Crippen LogP contribution in [0.1, 0.15) is 49.9 Å². The van der Waals surface area contributed by atoms with Crippen molar-refractivity contribution >= 4 is 15.9 Å². The van der Waals surface area contributed by atoms with Crippen molar-refractivity contribution in [3.05, 3.63) is 29.8 Å². The van der Waals surface area contributed by atoms with E-state index in [4.69, 9.17) is 0 Å². The summed E-state index contributed by atoms with van der Waals surface area (Å²) in [6.07, 6.45) is 3.77. The summed E-state index contributed by atoms with van der Waals surface area (Å²) in [5.74, 6) is -0.0978. The molecule has 1 saturated heterocycles. The molecule has 1 aliphatic heterocycles. The standard InChI is InChI=1S/C17H26N2O3S/c1-3-5-11-18(4-2)17(20)15-9-8-10-16(14-15)23(21,22)19-12-6-7-13-19/h8-10,14H,3-7,11-13H2,1-2H3. The van der Waals surface area contributed by atoms with Crippen molar-refractivity contribution in [2.24, 2.45) is 0 Å². The molecule has 1 fully saturated rings. The monoisotopic (exact) mass is 338 g/mol. The molecule has 6 heteroatoms. The van der Waals surface area contributed by atoms with Crippen LogP contribution in [0.5, 0.6) is 0 Å². The van der Waals surface area contributed by atoms with E-state index in [1.54, 1.807) is 23.1 Å². The highest BCUT2D eigenvalue weighted by atomic mass is 32.2. The van der Waals surface area contributed by atoms with Crippen LogP contribution in [0.4, 0.5) is 0 Å². The number of hydrogen-bond acceptors (Lipinski definition) is 3. The Balaban J connectivity index is 2.23. The average molecular weight is 338 g/mol. The highest BCUT2D eigenvalue weighted by Gasteiger charge is 2.28. The van der Waals surface area contributed by atoms with Gasteiger partial charge in [-0.25, -0.2) is 8.42 Å². The zero-order valence-electron chi connectivity index (χ0n) is 14.0. The van der Waals surface area contributed by atoms with Gasteiger partial charge >= 0.3 is 0 Å². The number of carbonyl (C=O) groups excluding carboxylic acids is 1. The fourth-order valence-corrected chi connectivity index (χ4v) is 4.37. The third-order valence-corrected chi connectivity index (χ3v) is 6.13. The van der Waals surface area contributed by atoms with Crippen molar-refractivity contribution in [3.63, 3.8) is 0 Å². The van der Waals surface area contributed by atoms with Gasteiger partial charge in [0, 0.05) is 31.7 Å². The molecule has 5 nitrogen and oxygen atoms in total. The Bertz CT molecular complexity index is 637. The van der Waals surface area contributed by atoms with Gasteiger partial charge in [-0.1, -0.05) is 19.4 Å². The largest absolute Gasteiger partial charge is 0.339 e. The van der Waals surface area contributed by atoms with E-state index in [0.29, 0.717) is 31.7 Å². The van der Waals surface area contributed by atoms with Crippen LogP contribution in [0.2, 0.25) is 0 Å². The lowest BCUT2D eigenvalue weighted by atomic mass is 10.2. The van der Waals surface area contributed by atoms with Crippen LogP contribution in [-0.2, 0) is 10.0 Å². The second-order valence-corrected chi connectivity index (χ2v) is 7.82. The van der Waals surface area contributed by atoms with Crippen LogP contribution in [0.3, 0.4) is 0 Å². The van der Waals surface area contributed by atoms with E-state index in [2.05, 4.69) is 6.92 Å². The van der Waals surface area contributed by atoms with Crippen molar-refractivity contribution in [2.75, 3.05) is 26.2 Å². The summed E-state index contributed by atoms with van der Waals surface area (Å²) in [6.45, 7) is 6.49. The Morgan fingerprint density at radius 2 is 1.91 bits per heavy atom. The van der Waals surface area contributed by atoms with Gasteiger partial charge in [-0.2, -0.15) is 4.31 Å². The maximum absolute atomic E-state index is 12.6. The minimum Gasteiger partial charge on any atom is -0.339 e. The number of hydrogen-bond donors (Lipinski definition) is 0. The van der Waals surface area contributed by atoms with Gasteiger partial charge in [-0.3, -0.25) is 4.79 Å². The second-order valence-electron chi connectivity index (χ2n) is 5.88. The van der Waals surface area contributed by atoms with Gasteiger partial charge in [-0.15, -0.1) is 0 Å². The molecule has 0 spiro atoms. The molecule has 1 aromatic rings. The van der Waals surface area contributed by atoms with Gasteiger partial charge in [0.2, 0.25) is 10.0 Å². The van der Waals surface area contributed by atoms with E-state index in [1.807, 2.05) is 6.92 Å². The lowest BCUT2D eigenvalue weighted by Gasteiger charge is -2.21. The van der Waals surface area contributed by atoms with Gasteiger partial charge in [0.1, 0.15) is 0 Å². The first-order valence-corrected chi connectivity index (χ1v) is 9.84. The third-order valence-electron chi connectivity index (χ3n) is 4.23. The molecule has 0 saturated carbocycles. The summed E-state index contributed by atoms with van der Waals surface area (Å²) in [7, 11) is -3.48. The molecule has 0 unspecified atom stereocenters. The van der Waals surface area contributed by atoms with Gasteiger partial charge < -0.3 is 4.90 Å². The minimum absolute atomic E-state index is 0.0978. The summed E-state index contributed by atoms with van der Waals surface area (Å²) < 4.78 is 26.7. The zero-order chi connectivity index (χ0) is 16.9. The Kier molecular flexibility index (Phi) is 6.18. The van der Waals surface area contributed by atoms with Gasteiger partial charge in [0.25, 0.3) is 5.91 Å². The number of nitrogens with zero attached hydrogens (tertiary/aromatic N) is 2. The first kappa shape index (κ1) is 17.9. The third kappa shape index (κ3) is 4.12. The molecule has 1 aliphatic rings. The number of rotatable bonds is 7. The average Bonchev–Trinajstić information content (AvgIpc) is 3.11. The van der Waals surface area contributed by atoms with Gasteiger partial charge in [-0.05, 0) is 44.4 Å². The van der Waals surface area contributed by atoms with Crippen molar-refractivity contribution in [2.45, 2.75) is 44.4 Å². The van der Waals surface area contributed by atoms with E-state index in [-0.39, 0.29) is 10.8 Å². The molecule has 0 N–H and O–H groups in total. The number of sulfonamides is 1. The zero-order valence-corrected chi connectivity index (χ0v) is 14.8. The smallest absolute Gasteiger partial charge is 0.253 e. The molecule has 128 valence electrons. The Morgan fingerprint density at radius 1 is 1.22 bits per heavy atom. The predicted octanol–water partition coefficient (Wildman–Crippen LogP) is 2.73. The molecule has 0 radical (unpaired) electrons. The molecule has 0 bridgehead atoms. The van der Waals surface area contributed by atoms with Crippen LogP contribution < -0.4 is 0 Å². The number of unbranched alkanes of at least 4 members (excludes halogenated alkanes) is 1. The fraction of sp³-hybridized carbons (Fsp3) is 0.588. The van der Waals surface area contributed by atoms with E-state index in [9.17, 15) is 13.2 Å². The highest BCUT2D eigenvalue weighted by Crippen LogP contribution is 2.22. The summed E-state index contributed by atoms with van der Waals surface area (Å²) >= 11 is 0. The number of carbonyl (C=O) groups is 1. The number of benzene rings is 1. The molecule has 1 heterocycles. The van der Waals surface area contributed by atoms with Crippen LogP contribution >= 0.6 is 0 Å². The lowest BCUT2D eigenvalue weighted by Crippen LogP contribution is -2.32. The SMILES string of the molecule is CCCCN(CC)C(=O)c1cccc(S(=O)(=O)N2CCCC2)c1. The fourth-order valence-electron chi connectivity index (χ4n) is 2.80. The second kappa shape index (κ2) is 7.93. The van der Waals surface area contributed by atoms with Crippen molar-refractivity contribution in [1.82, 2.24) is 9.21 Å². The van der Waals surface area contributed by atoms with E-state index in [0.717, 1.165) is 25.7 Å². The number of amides is 1. The molecule has 0 aromatic heterocycles. The molecule has 0 aliphatic carbocycles. The summed E-state index contributed by atoms with van der Waals surface area (Å²) in [5.41, 5.74) is 0.447. The van der Waals surface area contributed by atoms with E-state index in [1.165, 1.54) is 10.4 Å². The predicted molar refractivity (Wildman–Crippen MR) is 90.9 cm³/mol. The highest BCUT2D eigenvalue weighted by molar-refractivity contribution is 7.89. The molecular weight excluding hydrogens is 312 g/mol. The maximum atomic E-state index is 12.6. The normalized spacial score (nSPS) is 15.7. The molecule has 1 amide bonds. The van der Waals surface area contributed by atoms with Crippen LogP contribution in [0.25, 0.3) is 0 Å². The van der Waals surface area contributed by atoms with Crippen molar-refractivity contribution in [3.8, 4) is 0 Å².